The van der Waals surface area contributed by atoms with E-state index in [0.29, 0.717) is 5.69 Å². The second-order valence-corrected chi connectivity index (χ2v) is 7.44. The first-order valence-corrected chi connectivity index (χ1v) is 9.50. The molecule has 1 N–H and O–H groups in total. The molecule has 2 heterocycles. The monoisotopic (exact) mass is 376 g/mol. The van der Waals surface area contributed by atoms with Gasteiger partial charge in [-0.25, -0.2) is 4.98 Å². The number of aryl methyl sites for hydroxylation is 1. The van der Waals surface area contributed by atoms with E-state index in [9.17, 15) is 4.79 Å². The molecule has 6 heteroatoms. The Kier molecular flexibility index (Phi) is 4.41. The molecule has 2 aromatic heterocycles. The lowest BCUT2D eigenvalue weighted by atomic mass is 10.2. The van der Waals surface area contributed by atoms with Gasteiger partial charge in [0.05, 0.1) is 5.69 Å². The number of rotatable bonds is 4. The molecule has 136 valence electrons. The summed E-state index contributed by atoms with van der Waals surface area (Å²) in [5.74, 6) is -0.200. The highest BCUT2D eigenvalue weighted by Crippen LogP contribution is 2.29. The van der Waals surface area contributed by atoms with Gasteiger partial charge < -0.3 is 14.8 Å². The largest absolute Gasteiger partial charge is 0.378 e. The van der Waals surface area contributed by atoms with Crippen LogP contribution in [0.5, 0.6) is 0 Å². The van der Waals surface area contributed by atoms with Gasteiger partial charge in [0.25, 0.3) is 5.91 Å². The Morgan fingerprint density at radius 1 is 1.11 bits per heavy atom. The summed E-state index contributed by atoms with van der Waals surface area (Å²) >= 11 is 1.48. The molecule has 4 rings (SSSR count). The number of anilines is 2. The Balaban J connectivity index is 1.56. The molecule has 0 radical (unpaired) electrons. The summed E-state index contributed by atoms with van der Waals surface area (Å²) < 4.78 is 2.11. The van der Waals surface area contributed by atoms with Crippen molar-refractivity contribution < 1.29 is 4.79 Å². The molecular weight excluding hydrogens is 356 g/mol. The summed E-state index contributed by atoms with van der Waals surface area (Å²) in [7, 11) is 5.99. The molecule has 0 saturated carbocycles. The zero-order valence-corrected chi connectivity index (χ0v) is 16.2. The third-order valence-corrected chi connectivity index (χ3v) is 5.41. The molecule has 0 bridgehead atoms. The van der Waals surface area contributed by atoms with Gasteiger partial charge in [-0.3, -0.25) is 4.79 Å². The second kappa shape index (κ2) is 6.89. The average Bonchev–Trinajstić information content (AvgIpc) is 3.28. The quantitative estimate of drug-likeness (QED) is 0.565. The maximum Gasteiger partial charge on any atom is 0.275 e. The Hall–Kier alpha value is -3.12. The van der Waals surface area contributed by atoms with Crippen molar-refractivity contribution in [2.75, 3.05) is 24.3 Å². The highest BCUT2D eigenvalue weighted by Gasteiger charge is 2.15. The Labute approximate surface area is 161 Å². The van der Waals surface area contributed by atoms with Gasteiger partial charge in [0.15, 0.2) is 0 Å². The van der Waals surface area contributed by atoms with Crippen molar-refractivity contribution in [3.8, 4) is 10.7 Å². The molecule has 0 atom stereocenters. The van der Waals surface area contributed by atoms with E-state index >= 15 is 0 Å². The van der Waals surface area contributed by atoms with E-state index < -0.39 is 0 Å². The summed E-state index contributed by atoms with van der Waals surface area (Å²) in [5.41, 5.74) is 4.42. The normalized spacial score (nSPS) is 10.9. The standard InChI is InChI=1S/C21H20N4OS/c1-24(2)16-10-8-15(9-11-16)22-20(26)17-13-27-21(23-17)19-12-14-6-4-5-7-18(14)25(19)3/h4-13H,1-3H3,(H,22,26). The van der Waals surface area contributed by atoms with Crippen molar-refractivity contribution in [1.29, 1.82) is 0 Å². The van der Waals surface area contributed by atoms with Crippen LogP contribution < -0.4 is 10.2 Å². The minimum atomic E-state index is -0.200. The Bertz CT molecular complexity index is 1110. The molecule has 27 heavy (non-hydrogen) atoms. The number of fused-ring (bicyclic) bond motifs is 1. The van der Waals surface area contributed by atoms with Crippen LogP contribution in [0.15, 0.2) is 60.0 Å². The minimum Gasteiger partial charge on any atom is -0.378 e. The molecule has 0 fully saturated rings. The van der Waals surface area contributed by atoms with E-state index in [-0.39, 0.29) is 5.91 Å². The van der Waals surface area contributed by atoms with E-state index in [2.05, 4.69) is 33.1 Å². The second-order valence-electron chi connectivity index (χ2n) is 6.58. The third kappa shape index (κ3) is 3.31. The molecule has 0 aliphatic rings. The molecule has 0 spiro atoms. The Morgan fingerprint density at radius 2 is 1.85 bits per heavy atom. The van der Waals surface area contributed by atoms with Crippen LogP contribution in [0.25, 0.3) is 21.6 Å². The van der Waals surface area contributed by atoms with Gasteiger partial charge in [0.2, 0.25) is 0 Å². The number of para-hydroxylation sites is 1. The van der Waals surface area contributed by atoms with Gasteiger partial charge in [-0.2, -0.15) is 0 Å². The van der Waals surface area contributed by atoms with Crippen molar-refractivity contribution in [1.82, 2.24) is 9.55 Å². The van der Waals surface area contributed by atoms with Gasteiger partial charge in [-0.05, 0) is 36.4 Å². The number of nitrogens with one attached hydrogen (secondary N) is 1. The van der Waals surface area contributed by atoms with Crippen molar-refractivity contribution in [3.63, 3.8) is 0 Å². The van der Waals surface area contributed by atoms with Gasteiger partial charge in [-0.1, -0.05) is 18.2 Å². The van der Waals surface area contributed by atoms with E-state index in [0.717, 1.165) is 33.0 Å². The van der Waals surface area contributed by atoms with Gasteiger partial charge in [0, 0.05) is 48.8 Å². The van der Waals surface area contributed by atoms with Gasteiger partial charge in [-0.15, -0.1) is 11.3 Å². The number of amides is 1. The van der Waals surface area contributed by atoms with Crippen LogP contribution in [-0.2, 0) is 7.05 Å². The minimum absolute atomic E-state index is 0.200. The molecule has 2 aromatic carbocycles. The summed E-state index contributed by atoms with van der Waals surface area (Å²) in [6.07, 6.45) is 0. The van der Waals surface area contributed by atoms with Crippen LogP contribution in [0.3, 0.4) is 0 Å². The number of thiazole rings is 1. The molecule has 1 amide bonds. The zero-order chi connectivity index (χ0) is 19.0. The third-order valence-electron chi connectivity index (χ3n) is 4.55. The fourth-order valence-electron chi connectivity index (χ4n) is 3.03. The van der Waals surface area contributed by atoms with Crippen LogP contribution in [0.1, 0.15) is 10.5 Å². The molecule has 0 saturated heterocycles. The molecule has 4 aromatic rings. The van der Waals surface area contributed by atoms with Crippen molar-refractivity contribution >= 4 is 39.5 Å². The average molecular weight is 376 g/mol. The fraction of sp³-hybridized carbons (Fsp3) is 0.143. The Morgan fingerprint density at radius 3 is 2.56 bits per heavy atom. The molecule has 0 aliphatic carbocycles. The van der Waals surface area contributed by atoms with Crippen molar-refractivity contribution in [3.05, 3.63) is 65.7 Å². The number of benzene rings is 2. The van der Waals surface area contributed by atoms with Crippen LogP contribution in [-0.4, -0.2) is 29.6 Å². The number of hydrogen-bond donors (Lipinski definition) is 1. The van der Waals surface area contributed by atoms with E-state index in [1.165, 1.54) is 11.3 Å². The van der Waals surface area contributed by atoms with Crippen LogP contribution in [0.2, 0.25) is 0 Å². The molecule has 0 aliphatic heterocycles. The highest BCUT2D eigenvalue weighted by molar-refractivity contribution is 7.13. The predicted molar refractivity (Wildman–Crippen MR) is 113 cm³/mol. The van der Waals surface area contributed by atoms with Crippen LogP contribution in [0.4, 0.5) is 11.4 Å². The maximum absolute atomic E-state index is 12.6. The van der Waals surface area contributed by atoms with Crippen molar-refractivity contribution in [2.24, 2.45) is 7.05 Å². The van der Waals surface area contributed by atoms with E-state index in [1.54, 1.807) is 5.38 Å². The van der Waals surface area contributed by atoms with Crippen molar-refractivity contribution in [2.45, 2.75) is 0 Å². The number of aromatic nitrogens is 2. The van der Waals surface area contributed by atoms with Gasteiger partial charge >= 0.3 is 0 Å². The summed E-state index contributed by atoms with van der Waals surface area (Å²) in [6, 6.07) is 18.0. The topological polar surface area (TPSA) is 50.2 Å². The van der Waals surface area contributed by atoms with E-state index in [4.69, 9.17) is 0 Å². The zero-order valence-electron chi connectivity index (χ0n) is 15.4. The number of hydrogen-bond acceptors (Lipinski definition) is 4. The summed E-state index contributed by atoms with van der Waals surface area (Å²) in [4.78, 5) is 19.1. The SMILES string of the molecule is CN(C)c1ccc(NC(=O)c2csc(-c3cc4ccccc4n3C)n2)cc1. The molecule has 0 unspecified atom stereocenters. The van der Waals surface area contributed by atoms with E-state index in [1.807, 2.05) is 62.4 Å². The smallest absolute Gasteiger partial charge is 0.275 e. The predicted octanol–water partition coefficient (Wildman–Crippen LogP) is 4.62. The first-order valence-electron chi connectivity index (χ1n) is 8.62. The molecule has 5 nitrogen and oxygen atoms in total. The number of carbonyl (C=O) groups excluding carboxylic acids is 1. The summed E-state index contributed by atoms with van der Waals surface area (Å²) in [6.45, 7) is 0. The van der Waals surface area contributed by atoms with Gasteiger partial charge in [0.1, 0.15) is 10.7 Å². The highest BCUT2D eigenvalue weighted by atomic mass is 32.1. The lowest BCUT2D eigenvalue weighted by Gasteiger charge is -2.12. The summed E-state index contributed by atoms with van der Waals surface area (Å²) in [5, 5.41) is 6.71. The lowest BCUT2D eigenvalue weighted by Crippen LogP contribution is -2.13. The number of carbonyl (C=O) groups is 1. The maximum atomic E-state index is 12.6. The lowest BCUT2D eigenvalue weighted by molar-refractivity contribution is 0.102. The first kappa shape index (κ1) is 17.3. The van der Waals surface area contributed by atoms with Crippen LogP contribution in [0, 0.1) is 0 Å². The van der Waals surface area contributed by atoms with Crippen LogP contribution >= 0.6 is 11.3 Å². The number of nitrogens with zero attached hydrogens (tertiary/aromatic N) is 3. The molecular formula is C21H20N4OS. The fourth-order valence-corrected chi connectivity index (χ4v) is 3.88. The first-order chi connectivity index (χ1) is 13.0.